The number of furan rings is 1. The first-order chi connectivity index (χ1) is 9.86. The van der Waals surface area contributed by atoms with Crippen molar-refractivity contribution in [2.24, 2.45) is 5.92 Å². The van der Waals surface area contributed by atoms with Crippen LogP contribution in [0, 0.1) is 12.8 Å². The fourth-order valence-electron chi connectivity index (χ4n) is 2.83. The topological polar surface area (TPSA) is 42.2 Å². The summed E-state index contributed by atoms with van der Waals surface area (Å²) < 4.78 is 44.1. The number of nitrogens with one attached hydrogen (secondary N) is 1. The van der Waals surface area contributed by atoms with Crippen LogP contribution in [0.1, 0.15) is 43.6 Å². The molecule has 1 aliphatic carbocycles. The summed E-state index contributed by atoms with van der Waals surface area (Å²) in [6.07, 6.45) is -1.88. The Labute approximate surface area is 121 Å². The molecule has 0 bridgehead atoms. The number of hydrogen-bond acceptors (Lipinski definition) is 2. The molecule has 0 aliphatic heterocycles. The highest BCUT2D eigenvalue weighted by Crippen LogP contribution is 2.37. The zero-order valence-corrected chi connectivity index (χ0v) is 12.0. The molecular weight excluding hydrogens is 283 g/mol. The van der Waals surface area contributed by atoms with Crippen molar-refractivity contribution < 1.29 is 22.4 Å². The van der Waals surface area contributed by atoms with Crippen molar-refractivity contribution in [2.45, 2.75) is 57.7 Å². The average molecular weight is 303 g/mol. The third-order valence-electron chi connectivity index (χ3n) is 3.93. The highest BCUT2D eigenvalue weighted by molar-refractivity contribution is 5.76. The fraction of sp³-hybridized carbons (Fsp3) is 0.667. The highest BCUT2D eigenvalue weighted by Gasteiger charge is 2.45. The fourth-order valence-corrected chi connectivity index (χ4v) is 2.83. The zero-order valence-electron chi connectivity index (χ0n) is 12.0. The summed E-state index contributed by atoms with van der Waals surface area (Å²) in [4.78, 5) is 11.8. The summed E-state index contributed by atoms with van der Waals surface area (Å²) in [6, 6.07) is 2.79. The van der Waals surface area contributed by atoms with Crippen molar-refractivity contribution in [1.29, 1.82) is 0 Å². The van der Waals surface area contributed by atoms with E-state index in [0.29, 0.717) is 25.0 Å². The van der Waals surface area contributed by atoms with Gasteiger partial charge in [0.15, 0.2) is 0 Å². The van der Waals surface area contributed by atoms with Gasteiger partial charge in [-0.2, -0.15) is 13.2 Å². The van der Waals surface area contributed by atoms with Gasteiger partial charge >= 0.3 is 6.18 Å². The van der Waals surface area contributed by atoms with Crippen molar-refractivity contribution in [3.8, 4) is 0 Å². The van der Waals surface area contributed by atoms with Crippen LogP contribution in [0.5, 0.6) is 0 Å². The minimum Gasteiger partial charge on any atom is -0.466 e. The third kappa shape index (κ3) is 4.51. The van der Waals surface area contributed by atoms with Gasteiger partial charge in [0.1, 0.15) is 11.5 Å². The van der Waals surface area contributed by atoms with E-state index in [0.717, 1.165) is 12.2 Å². The van der Waals surface area contributed by atoms with Gasteiger partial charge in [-0.25, -0.2) is 0 Å². The van der Waals surface area contributed by atoms with Gasteiger partial charge in [-0.1, -0.05) is 12.8 Å². The predicted octanol–water partition coefficient (Wildman–Crippen LogP) is 3.76. The molecule has 0 aromatic carbocycles. The van der Waals surface area contributed by atoms with Gasteiger partial charge in [0.05, 0.1) is 5.92 Å². The van der Waals surface area contributed by atoms with Crippen molar-refractivity contribution >= 4 is 5.91 Å². The summed E-state index contributed by atoms with van der Waals surface area (Å²) in [5.41, 5.74) is 0. The first kappa shape index (κ1) is 15.9. The summed E-state index contributed by atoms with van der Waals surface area (Å²) in [7, 11) is 0. The number of aryl methyl sites for hydroxylation is 2. The van der Waals surface area contributed by atoms with Crippen LogP contribution in [0.25, 0.3) is 0 Å². The normalized spacial score (nSPS) is 23.0. The molecule has 6 heteroatoms. The largest absolute Gasteiger partial charge is 0.466 e. The van der Waals surface area contributed by atoms with Crippen molar-refractivity contribution in [1.82, 2.24) is 5.32 Å². The van der Waals surface area contributed by atoms with Gasteiger partial charge in [0.2, 0.25) is 5.91 Å². The van der Waals surface area contributed by atoms with Gasteiger partial charge in [-0.05, 0) is 31.9 Å². The van der Waals surface area contributed by atoms with Gasteiger partial charge in [0.25, 0.3) is 0 Å². The second kappa shape index (κ2) is 6.54. The van der Waals surface area contributed by atoms with E-state index in [1.54, 1.807) is 19.1 Å². The van der Waals surface area contributed by atoms with Gasteiger partial charge < -0.3 is 9.73 Å². The van der Waals surface area contributed by atoms with E-state index < -0.39 is 18.1 Å². The lowest BCUT2D eigenvalue weighted by Crippen LogP contribution is -2.47. The van der Waals surface area contributed by atoms with E-state index >= 15 is 0 Å². The van der Waals surface area contributed by atoms with Crippen molar-refractivity contribution in [2.75, 3.05) is 0 Å². The lowest BCUT2D eigenvalue weighted by molar-refractivity contribution is -0.189. The molecule has 1 aromatic heterocycles. The summed E-state index contributed by atoms with van der Waals surface area (Å²) in [5.74, 6) is -0.320. The van der Waals surface area contributed by atoms with Crippen molar-refractivity contribution in [3.05, 3.63) is 23.7 Å². The number of amides is 1. The molecule has 1 aliphatic rings. The van der Waals surface area contributed by atoms with Crippen LogP contribution in [-0.4, -0.2) is 18.1 Å². The molecule has 3 nitrogen and oxygen atoms in total. The standard InChI is InChI=1S/C15H20F3NO2/c1-10-6-7-11(21-10)8-9-14(20)19-13-5-3-2-4-12(13)15(16,17)18/h6-7,12-13H,2-5,8-9H2,1H3,(H,19,20). The van der Waals surface area contributed by atoms with Crippen LogP contribution in [0.2, 0.25) is 0 Å². The van der Waals surface area contributed by atoms with Crippen LogP contribution in [0.15, 0.2) is 16.5 Å². The average Bonchev–Trinajstić information content (AvgIpc) is 2.82. The Morgan fingerprint density at radius 2 is 2.05 bits per heavy atom. The number of hydrogen-bond donors (Lipinski definition) is 1. The van der Waals surface area contributed by atoms with E-state index in [1.165, 1.54) is 0 Å². The maximum atomic E-state index is 12.9. The second-order valence-electron chi connectivity index (χ2n) is 5.62. The molecule has 1 aromatic rings. The SMILES string of the molecule is Cc1ccc(CCC(=O)NC2CCCCC2C(F)(F)F)o1. The van der Waals surface area contributed by atoms with E-state index in [9.17, 15) is 18.0 Å². The van der Waals surface area contributed by atoms with Crippen molar-refractivity contribution in [3.63, 3.8) is 0 Å². The number of alkyl halides is 3. The molecule has 0 spiro atoms. The van der Waals surface area contributed by atoms with Crippen LogP contribution in [0.3, 0.4) is 0 Å². The molecule has 118 valence electrons. The molecule has 2 rings (SSSR count). The highest BCUT2D eigenvalue weighted by atomic mass is 19.4. The lowest BCUT2D eigenvalue weighted by atomic mass is 9.84. The predicted molar refractivity (Wildman–Crippen MR) is 71.7 cm³/mol. The number of rotatable bonds is 4. The first-order valence-electron chi connectivity index (χ1n) is 7.27. The summed E-state index contributed by atoms with van der Waals surface area (Å²) >= 11 is 0. The molecule has 21 heavy (non-hydrogen) atoms. The molecule has 1 amide bonds. The second-order valence-corrected chi connectivity index (χ2v) is 5.62. The molecule has 2 atom stereocenters. The Morgan fingerprint density at radius 3 is 2.67 bits per heavy atom. The Bertz CT molecular complexity index is 482. The molecule has 0 saturated heterocycles. The van der Waals surface area contributed by atoms with E-state index in [-0.39, 0.29) is 18.7 Å². The Kier molecular flexibility index (Phi) is 4.96. The molecule has 0 radical (unpaired) electrons. The van der Waals surface area contributed by atoms with Crippen LogP contribution in [0.4, 0.5) is 13.2 Å². The molecule has 1 fully saturated rings. The molecule has 1 saturated carbocycles. The Balaban J connectivity index is 1.85. The summed E-state index contributed by atoms with van der Waals surface area (Å²) in [5, 5.41) is 2.55. The number of carbonyl (C=O) groups is 1. The number of carbonyl (C=O) groups excluding carboxylic acids is 1. The maximum Gasteiger partial charge on any atom is 0.393 e. The van der Waals surface area contributed by atoms with Gasteiger partial charge in [-0.15, -0.1) is 0 Å². The molecule has 2 unspecified atom stereocenters. The van der Waals surface area contributed by atoms with Gasteiger partial charge in [-0.3, -0.25) is 4.79 Å². The van der Waals surface area contributed by atoms with Crippen LogP contribution >= 0.6 is 0 Å². The number of halogens is 3. The lowest BCUT2D eigenvalue weighted by Gasteiger charge is -2.33. The minimum atomic E-state index is -4.24. The van der Waals surface area contributed by atoms with Crippen LogP contribution in [-0.2, 0) is 11.2 Å². The minimum absolute atomic E-state index is 0.103. The maximum absolute atomic E-state index is 12.9. The van der Waals surface area contributed by atoms with E-state index in [4.69, 9.17) is 4.42 Å². The quantitative estimate of drug-likeness (QED) is 0.920. The van der Waals surface area contributed by atoms with Gasteiger partial charge in [0, 0.05) is 18.9 Å². The Morgan fingerprint density at radius 1 is 1.33 bits per heavy atom. The zero-order chi connectivity index (χ0) is 15.5. The van der Waals surface area contributed by atoms with Crippen LogP contribution < -0.4 is 5.32 Å². The smallest absolute Gasteiger partial charge is 0.393 e. The monoisotopic (exact) mass is 303 g/mol. The summed E-state index contributed by atoms with van der Waals surface area (Å²) in [6.45, 7) is 1.81. The first-order valence-corrected chi connectivity index (χ1v) is 7.27. The van der Waals surface area contributed by atoms with E-state index in [2.05, 4.69) is 5.32 Å². The third-order valence-corrected chi connectivity index (χ3v) is 3.93. The molecule has 1 heterocycles. The molecular formula is C15H20F3NO2. The Hall–Kier alpha value is -1.46. The molecule has 1 N–H and O–H groups in total. The van der Waals surface area contributed by atoms with E-state index in [1.807, 2.05) is 0 Å².